The zero-order valence-corrected chi connectivity index (χ0v) is 14.4. The van der Waals surface area contributed by atoms with Crippen molar-refractivity contribution in [3.8, 4) is 16.9 Å². The van der Waals surface area contributed by atoms with Crippen LogP contribution in [0.1, 0.15) is 36.0 Å². The highest BCUT2D eigenvalue weighted by Gasteiger charge is 2.31. The van der Waals surface area contributed by atoms with Crippen LogP contribution in [-0.4, -0.2) is 34.5 Å². The Morgan fingerprint density at radius 1 is 1.11 bits per heavy atom. The van der Waals surface area contributed by atoms with E-state index < -0.39 is 12.5 Å². The van der Waals surface area contributed by atoms with Crippen molar-refractivity contribution in [3.05, 3.63) is 48.3 Å². The van der Waals surface area contributed by atoms with E-state index in [-0.39, 0.29) is 17.7 Å². The number of rotatable bonds is 4. The van der Waals surface area contributed by atoms with Crippen LogP contribution in [0.3, 0.4) is 0 Å². The number of nitrogens with one attached hydrogen (secondary N) is 1. The lowest BCUT2D eigenvalue weighted by Gasteiger charge is -2.28. The van der Waals surface area contributed by atoms with Gasteiger partial charge in [-0.15, -0.1) is 13.2 Å². The zero-order valence-electron chi connectivity index (χ0n) is 14.4. The Labute approximate surface area is 154 Å². The van der Waals surface area contributed by atoms with Crippen LogP contribution in [0.5, 0.6) is 5.75 Å². The van der Waals surface area contributed by atoms with Crippen molar-refractivity contribution < 1.29 is 27.8 Å². The topological polar surface area (TPSA) is 71.5 Å². The highest BCUT2D eigenvalue weighted by Crippen LogP contribution is 2.26. The van der Waals surface area contributed by atoms with Crippen molar-refractivity contribution in [3.63, 3.8) is 0 Å². The summed E-state index contributed by atoms with van der Waals surface area (Å²) in [7, 11) is 0. The summed E-state index contributed by atoms with van der Waals surface area (Å²) in [5.41, 5.74) is 1.51. The van der Waals surface area contributed by atoms with Gasteiger partial charge in [-0.2, -0.15) is 0 Å². The largest absolute Gasteiger partial charge is 0.573 e. The average Bonchev–Trinajstić information content (AvgIpc) is 2.63. The Bertz CT molecular complexity index is 794. The lowest BCUT2D eigenvalue weighted by atomic mass is 9.92. The number of aliphatic hydroxyl groups is 1. The van der Waals surface area contributed by atoms with Crippen LogP contribution in [0, 0.1) is 0 Å². The van der Waals surface area contributed by atoms with Gasteiger partial charge in [-0.3, -0.25) is 9.78 Å². The molecule has 1 aliphatic carbocycles. The third kappa shape index (κ3) is 5.19. The second-order valence-corrected chi connectivity index (χ2v) is 6.47. The van der Waals surface area contributed by atoms with Crippen LogP contribution in [0.25, 0.3) is 11.1 Å². The lowest BCUT2D eigenvalue weighted by Crippen LogP contribution is -2.45. The predicted octanol–water partition coefficient (Wildman–Crippen LogP) is 3.68. The molecular formula is C19H19F3N2O3. The summed E-state index contributed by atoms with van der Waals surface area (Å²) < 4.78 is 40.5. The zero-order chi connectivity index (χ0) is 19.4. The molecule has 0 radical (unpaired) electrons. The lowest BCUT2D eigenvalue weighted by molar-refractivity contribution is -0.274. The first kappa shape index (κ1) is 19.2. The summed E-state index contributed by atoms with van der Waals surface area (Å²) in [4.78, 5) is 16.5. The Balaban J connectivity index is 1.72. The average molecular weight is 380 g/mol. The molecule has 5 nitrogen and oxygen atoms in total. The van der Waals surface area contributed by atoms with Gasteiger partial charge in [0.25, 0.3) is 5.91 Å². The molecule has 144 valence electrons. The quantitative estimate of drug-likeness (QED) is 0.849. The Kier molecular flexibility index (Phi) is 5.65. The van der Waals surface area contributed by atoms with Crippen molar-refractivity contribution in [1.29, 1.82) is 0 Å². The van der Waals surface area contributed by atoms with Crippen LogP contribution in [-0.2, 0) is 0 Å². The van der Waals surface area contributed by atoms with E-state index in [1.54, 1.807) is 6.07 Å². The molecule has 1 fully saturated rings. The summed E-state index contributed by atoms with van der Waals surface area (Å²) in [6.07, 6.45) is 0.910. The number of aliphatic hydroxyl groups excluding tert-OH is 1. The molecule has 1 aliphatic rings. The van der Waals surface area contributed by atoms with E-state index in [1.165, 1.54) is 36.7 Å². The number of halogens is 3. The van der Waals surface area contributed by atoms with Gasteiger partial charge >= 0.3 is 6.36 Å². The minimum absolute atomic E-state index is 0.284. The Morgan fingerprint density at radius 3 is 2.48 bits per heavy atom. The first-order valence-corrected chi connectivity index (χ1v) is 8.62. The second kappa shape index (κ2) is 7.96. The number of ether oxygens (including phenoxy) is 1. The van der Waals surface area contributed by atoms with Crippen molar-refractivity contribution >= 4 is 5.91 Å². The van der Waals surface area contributed by atoms with Gasteiger partial charge in [-0.1, -0.05) is 25.0 Å². The normalized spacial score (nSPS) is 20.1. The number of pyridine rings is 1. The number of aromatic nitrogens is 1. The maximum Gasteiger partial charge on any atom is 0.573 e. The molecule has 2 N–H and O–H groups in total. The predicted molar refractivity (Wildman–Crippen MR) is 92.1 cm³/mol. The summed E-state index contributed by atoms with van der Waals surface area (Å²) in [6.45, 7) is 0. The van der Waals surface area contributed by atoms with E-state index >= 15 is 0 Å². The van der Waals surface area contributed by atoms with Crippen molar-refractivity contribution in [2.24, 2.45) is 0 Å². The molecule has 27 heavy (non-hydrogen) atoms. The van der Waals surface area contributed by atoms with Crippen LogP contribution in [0.4, 0.5) is 13.2 Å². The summed E-state index contributed by atoms with van der Waals surface area (Å²) in [6, 6.07) is 6.66. The van der Waals surface area contributed by atoms with E-state index in [2.05, 4.69) is 15.0 Å². The first-order chi connectivity index (χ1) is 12.8. The van der Waals surface area contributed by atoms with E-state index in [4.69, 9.17) is 0 Å². The second-order valence-electron chi connectivity index (χ2n) is 6.47. The highest BCUT2D eigenvalue weighted by molar-refractivity contribution is 5.95. The highest BCUT2D eigenvalue weighted by atomic mass is 19.4. The van der Waals surface area contributed by atoms with Gasteiger partial charge < -0.3 is 15.2 Å². The molecule has 1 aromatic heterocycles. The molecule has 0 unspecified atom stereocenters. The molecule has 0 bridgehead atoms. The number of benzene rings is 1. The van der Waals surface area contributed by atoms with Crippen molar-refractivity contribution in [2.75, 3.05) is 0 Å². The number of carbonyl (C=O) groups is 1. The fourth-order valence-electron chi connectivity index (χ4n) is 3.10. The fraction of sp³-hybridized carbons (Fsp3) is 0.368. The van der Waals surface area contributed by atoms with Gasteiger partial charge in [0.1, 0.15) is 5.75 Å². The standard InChI is InChI=1S/C19H19F3N2O3/c20-19(21,22)27-15-7-5-12(6-8-15)13-9-14(11-23-10-13)18(26)24-16-3-1-2-4-17(16)25/h5-11,16-17,25H,1-4H2,(H,24,26)/t16-,17-/m1/s1. The maximum atomic E-state index is 12.4. The van der Waals surface area contributed by atoms with Crippen LogP contribution < -0.4 is 10.1 Å². The SMILES string of the molecule is O=C(N[C@@H]1CCCC[C@H]1O)c1cncc(-c2ccc(OC(F)(F)F)cc2)c1. The molecule has 0 aliphatic heterocycles. The van der Waals surface area contributed by atoms with Gasteiger partial charge in [-0.05, 0) is 36.6 Å². The smallest absolute Gasteiger partial charge is 0.406 e. The molecule has 1 saturated carbocycles. The van der Waals surface area contributed by atoms with E-state index in [0.717, 1.165) is 19.3 Å². The molecule has 3 rings (SSSR count). The molecule has 1 amide bonds. The Morgan fingerprint density at radius 2 is 1.81 bits per heavy atom. The fourth-order valence-corrected chi connectivity index (χ4v) is 3.10. The maximum absolute atomic E-state index is 12.4. The van der Waals surface area contributed by atoms with Gasteiger partial charge in [0, 0.05) is 18.0 Å². The molecule has 2 aromatic rings. The van der Waals surface area contributed by atoms with Gasteiger partial charge in [0.2, 0.25) is 0 Å². The summed E-state index contributed by atoms with van der Waals surface area (Å²) >= 11 is 0. The van der Waals surface area contributed by atoms with Crippen molar-refractivity contribution in [2.45, 2.75) is 44.2 Å². The van der Waals surface area contributed by atoms with E-state index in [9.17, 15) is 23.1 Å². The number of alkyl halides is 3. The van der Waals surface area contributed by atoms with Crippen LogP contribution in [0.15, 0.2) is 42.7 Å². The van der Waals surface area contributed by atoms with Gasteiger partial charge in [-0.25, -0.2) is 0 Å². The Hall–Kier alpha value is -2.61. The molecule has 1 heterocycles. The number of hydrogen-bond acceptors (Lipinski definition) is 4. The van der Waals surface area contributed by atoms with Crippen molar-refractivity contribution in [1.82, 2.24) is 10.3 Å². The molecular weight excluding hydrogens is 361 g/mol. The molecule has 1 aromatic carbocycles. The van der Waals surface area contributed by atoms with E-state index in [0.29, 0.717) is 23.1 Å². The molecule has 0 spiro atoms. The number of nitrogens with zero attached hydrogens (tertiary/aromatic N) is 1. The minimum atomic E-state index is -4.75. The molecule has 2 atom stereocenters. The van der Waals surface area contributed by atoms with Crippen LogP contribution >= 0.6 is 0 Å². The van der Waals surface area contributed by atoms with E-state index in [1.807, 2.05) is 0 Å². The monoisotopic (exact) mass is 380 g/mol. The third-order valence-electron chi connectivity index (χ3n) is 4.47. The summed E-state index contributed by atoms with van der Waals surface area (Å²) in [5, 5.41) is 12.8. The van der Waals surface area contributed by atoms with Gasteiger partial charge in [0.05, 0.1) is 17.7 Å². The number of carbonyl (C=O) groups excluding carboxylic acids is 1. The first-order valence-electron chi connectivity index (χ1n) is 8.62. The number of hydrogen-bond donors (Lipinski definition) is 2. The van der Waals surface area contributed by atoms with Crippen LogP contribution in [0.2, 0.25) is 0 Å². The molecule has 0 saturated heterocycles. The summed E-state index contributed by atoms with van der Waals surface area (Å²) in [5.74, 6) is -0.660. The van der Waals surface area contributed by atoms with Gasteiger partial charge in [0.15, 0.2) is 0 Å². The number of amides is 1. The molecule has 8 heteroatoms. The third-order valence-corrected chi connectivity index (χ3v) is 4.47. The minimum Gasteiger partial charge on any atom is -0.406 e.